The van der Waals surface area contributed by atoms with Gasteiger partial charge < -0.3 is 0 Å². The van der Waals surface area contributed by atoms with Crippen LogP contribution in [-0.2, 0) is 15.0 Å². The largest absolute Gasteiger partial charge is 0.282 e. The van der Waals surface area contributed by atoms with Gasteiger partial charge in [0.25, 0.3) is 11.8 Å². The number of nitrogens with zero attached hydrogens (tertiary/aromatic N) is 1. The van der Waals surface area contributed by atoms with Gasteiger partial charge >= 0.3 is 0 Å². The molecule has 0 unspecified atom stereocenters. The molecular weight excluding hydrogens is 300 g/mol. The lowest BCUT2D eigenvalue weighted by Crippen LogP contribution is -2.35. The van der Waals surface area contributed by atoms with Crippen molar-refractivity contribution in [2.45, 2.75) is 26.2 Å². The molecule has 1 aliphatic rings. The maximum atomic E-state index is 12.5. The normalized spacial score (nSPS) is 16.6. The zero-order valence-electron chi connectivity index (χ0n) is 14.0. The fourth-order valence-corrected chi connectivity index (χ4v) is 2.56. The van der Waals surface area contributed by atoms with E-state index in [1.54, 1.807) is 18.2 Å². The van der Waals surface area contributed by atoms with Crippen LogP contribution in [0.1, 0.15) is 31.9 Å². The third kappa shape index (κ3) is 3.08. The van der Waals surface area contributed by atoms with Crippen molar-refractivity contribution in [2.24, 2.45) is 0 Å². The molecule has 1 aliphatic heterocycles. The Labute approximate surface area is 141 Å². The highest BCUT2D eigenvalue weighted by atomic mass is 16.2. The van der Waals surface area contributed by atoms with Crippen LogP contribution in [0.5, 0.6) is 0 Å². The number of hydrogen-bond donors (Lipinski definition) is 1. The Morgan fingerprint density at radius 1 is 0.917 bits per heavy atom. The van der Waals surface area contributed by atoms with E-state index in [0.29, 0.717) is 5.69 Å². The number of carbonyl (C=O) groups is 2. The molecule has 0 aliphatic carbocycles. The minimum atomic E-state index is -0.385. The first-order chi connectivity index (χ1) is 11.4. The van der Waals surface area contributed by atoms with E-state index >= 15 is 0 Å². The third-order valence-corrected chi connectivity index (χ3v) is 3.99. The molecule has 0 spiro atoms. The summed E-state index contributed by atoms with van der Waals surface area (Å²) in [7, 11) is 0. The highest BCUT2D eigenvalue weighted by Crippen LogP contribution is 2.24. The Balaban J connectivity index is 1.88. The molecule has 24 heavy (non-hydrogen) atoms. The average Bonchev–Trinajstić information content (AvgIpc) is 2.83. The molecule has 1 fully saturated rings. The van der Waals surface area contributed by atoms with E-state index in [-0.39, 0.29) is 22.8 Å². The number of carbonyl (C=O) groups excluding carboxylic acids is 2. The van der Waals surface area contributed by atoms with E-state index in [1.165, 1.54) is 10.6 Å². The van der Waals surface area contributed by atoms with Crippen LogP contribution in [0, 0.1) is 0 Å². The molecule has 0 radical (unpaired) electrons. The first-order valence-corrected chi connectivity index (χ1v) is 7.89. The van der Waals surface area contributed by atoms with Crippen LogP contribution in [-0.4, -0.2) is 11.8 Å². The predicted octanol–water partition coefficient (Wildman–Crippen LogP) is 3.45. The van der Waals surface area contributed by atoms with Crippen LogP contribution in [0.2, 0.25) is 0 Å². The maximum absolute atomic E-state index is 12.5. The standard InChI is InChI=1S/C20H20N2O2/c1-20(2,3)15-11-9-14(10-12-15)13-17-18(23)21-22(19(17)24)16-7-5-4-6-8-16/h4-13H,1-3H3,(H,21,23). The van der Waals surface area contributed by atoms with Crippen molar-refractivity contribution in [3.63, 3.8) is 0 Å². The van der Waals surface area contributed by atoms with Crippen molar-refractivity contribution in [1.29, 1.82) is 0 Å². The molecule has 4 heteroatoms. The highest BCUT2D eigenvalue weighted by Gasteiger charge is 2.34. The average molecular weight is 320 g/mol. The highest BCUT2D eigenvalue weighted by molar-refractivity contribution is 6.31. The Kier molecular flexibility index (Phi) is 3.97. The van der Waals surface area contributed by atoms with Gasteiger partial charge in [-0.2, -0.15) is 0 Å². The van der Waals surface area contributed by atoms with Crippen LogP contribution >= 0.6 is 0 Å². The smallest absolute Gasteiger partial charge is 0.267 e. The van der Waals surface area contributed by atoms with Crippen molar-refractivity contribution in [1.82, 2.24) is 5.43 Å². The van der Waals surface area contributed by atoms with Gasteiger partial charge in [0.2, 0.25) is 0 Å². The van der Waals surface area contributed by atoms with E-state index in [1.807, 2.05) is 42.5 Å². The van der Waals surface area contributed by atoms with Gasteiger partial charge in [0.1, 0.15) is 5.57 Å². The van der Waals surface area contributed by atoms with Crippen molar-refractivity contribution >= 4 is 23.6 Å². The van der Waals surface area contributed by atoms with Crippen LogP contribution in [0.15, 0.2) is 60.2 Å². The summed E-state index contributed by atoms with van der Waals surface area (Å²) < 4.78 is 0. The van der Waals surface area contributed by atoms with Crippen LogP contribution in [0.3, 0.4) is 0 Å². The second kappa shape index (κ2) is 5.96. The molecule has 0 aromatic heterocycles. The molecule has 2 amide bonds. The van der Waals surface area contributed by atoms with E-state index in [9.17, 15) is 9.59 Å². The monoisotopic (exact) mass is 320 g/mol. The Bertz CT molecular complexity index is 800. The number of benzene rings is 2. The molecule has 3 rings (SSSR count). The number of para-hydroxylation sites is 1. The van der Waals surface area contributed by atoms with Crippen molar-refractivity contribution in [3.8, 4) is 0 Å². The fourth-order valence-electron chi connectivity index (χ4n) is 2.56. The molecule has 0 bridgehead atoms. The van der Waals surface area contributed by atoms with E-state index in [4.69, 9.17) is 0 Å². The summed E-state index contributed by atoms with van der Waals surface area (Å²) >= 11 is 0. The Hall–Kier alpha value is -2.88. The quantitative estimate of drug-likeness (QED) is 0.680. The topological polar surface area (TPSA) is 49.4 Å². The molecule has 1 N–H and O–H groups in total. The van der Waals surface area contributed by atoms with Gasteiger partial charge in [0.15, 0.2) is 0 Å². The summed E-state index contributed by atoms with van der Waals surface area (Å²) in [5, 5.41) is 1.28. The number of amides is 2. The van der Waals surface area contributed by atoms with Crippen molar-refractivity contribution in [2.75, 3.05) is 5.01 Å². The molecule has 0 saturated carbocycles. The number of anilines is 1. The van der Waals surface area contributed by atoms with Gasteiger partial charge in [-0.25, -0.2) is 5.01 Å². The molecule has 2 aromatic carbocycles. The van der Waals surface area contributed by atoms with Crippen LogP contribution in [0.4, 0.5) is 5.69 Å². The third-order valence-electron chi connectivity index (χ3n) is 3.99. The van der Waals surface area contributed by atoms with Gasteiger partial charge in [-0.05, 0) is 34.8 Å². The van der Waals surface area contributed by atoms with Gasteiger partial charge in [-0.3, -0.25) is 15.0 Å². The minimum Gasteiger partial charge on any atom is -0.267 e. The summed E-state index contributed by atoms with van der Waals surface area (Å²) in [6.45, 7) is 6.43. The zero-order chi connectivity index (χ0) is 17.3. The summed E-state index contributed by atoms with van der Waals surface area (Å²) in [6.07, 6.45) is 1.63. The second-order valence-electron chi connectivity index (χ2n) is 6.85. The lowest BCUT2D eigenvalue weighted by molar-refractivity contribution is -0.117. The zero-order valence-corrected chi connectivity index (χ0v) is 14.0. The van der Waals surface area contributed by atoms with Crippen molar-refractivity contribution < 1.29 is 9.59 Å². The molecule has 0 atom stereocenters. The molecule has 122 valence electrons. The SMILES string of the molecule is CC(C)(C)c1ccc(C=C2C(=O)NN(c3ccccc3)C2=O)cc1. The lowest BCUT2D eigenvalue weighted by atomic mass is 9.86. The summed E-state index contributed by atoms with van der Waals surface area (Å²) in [6, 6.07) is 17.0. The molecule has 2 aromatic rings. The first kappa shape index (κ1) is 16.0. The Morgan fingerprint density at radius 2 is 1.54 bits per heavy atom. The number of hydrazine groups is 1. The predicted molar refractivity (Wildman–Crippen MR) is 95.2 cm³/mol. The second-order valence-corrected chi connectivity index (χ2v) is 6.85. The maximum Gasteiger partial charge on any atom is 0.282 e. The van der Waals surface area contributed by atoms with Crippen LogP contribution < -0.4 is 10.4 Å². The summed E-state index contributed by atoms with van der Waals surface area (Å²) in [4.78, 5) is 24.7. The van der Waals surface area contributed by atoms with Gasteiger partial charge in [-0.15, -0.1) is 0 Å². The Morgan fingerprint density at radius 3 is 2.12 bits per heavy atom. The molecule has 4 nitrogen and oxygen atoms in total. The minimum absolute atomic E-state index is 0.0658. The first-order valence-electron chi connectivity index (χ1n) is 7.89. The number of rotatable bonds is 2. The van der Waals surface area contributed by atoms with E-state index < -0.39 is 0 Å². The van der Waals surface area contributed by atoms with Crippen LogP contribution in [0.25, 0.3) is 6.08 Å². The number of nitrogens with one attached hydrogen (secondary N) is 1. The van der Waals surface area contributed by atoms with Gasteiger partial charge in [0, 0.05) is 0 Å². The summed E-state index contributed by atoms with van der Waals surface area (Å²) in [5.74, 6) is -0.727. The van der Waals surface area contributed by atoms with E-state index in [0.717, 1.165) is 5.56 Å². The molecule has 1 saturated heterocycles. The lowest BCUT2D eigenvalue weighted by Gasteiger charge is -2.18. The van der Waals surface area contributed by atoms with Gasteiger partial charge in [0.05, 0.1) is 5.69 Å². The van der Waals surface area contributed by atoms with Crippen molar-refractivity contribution in [3.05, 3.63) is 71.3 Å². The van der Waals surface area contributed by atoms with E-state index in [2.05, 4.69) is 26.2 Å². The molecular formula is C20H20N2O2. The summed E-state index contributed by atoms with van der Waals surface area (Å²) in [5.41, 5.74) is 5.49. The molecule has 1 heterocycles. The van der Waals surface area contributed by atoms with Gasteiger partial charge in [-0.1, -0.05) is 63.2 Å². The number of hydrogen-bond acceptors (Lipinski definition) is 2. The fraction of sp³-hybridized carbons (Fsp3) is 0.200.